The lowest BCUT2D eigenvalue weighted by atomic mass is 10.2. The minimum Gasteiger partial charge on any atom is -0.507 e. The Kier molecular flexibility index (Phi) is 5.91. The highest BCUT2D eigenvalue weighted by molar-refractivity contribution is 9.10. The van der Waals surface area contributed by atoms with Crippen LogP contribution in [0.25, 0.3) is 0 Å². The third-order valence-corrected chi connectivity index (χ3v) is 4.89. The van der Waals surface area contributed by atoms with E-state index in [1.54, 1.807) is 12.1 Å². The second kappa shape index (κ2) is 8.34. The second-order valence-electron chi connectivity index (χ2n) is 6.27. The Labute approximate surface area is 156 Å². The molecule has 0 spiro atoms. The van der Waals surface area contributed by atoms with Crippen molar-refractivity contribution in [1.29, 1.82) is 0 Å². The largest absolute Gasteiger partial charge is 0.507 e. The Balaban J connectivity index is 1.58. The molecule has 1 saturated heterocycles. The zero-order chi connectivity index (χ0) is 17.6. The number of carbonyl (C=O) groups excluding carboxylic acids is 1. The monoisotopic (exact) mass is 403 g/mol. The third kappa shape index (κ3) is 4.72. The molecule has 3 rings (SSSR count). The van der Waals surface area contributed by atoms with Gasteiger partial charge < -0.3 is 15.3 Å². The number of benzene rings is 1. The second-order valence-corrected chi connectivity index (χ2v) is 7.19. The van der Waals surface area contributed by atoms with Gasteiger partial charge in [-0.2, -0.15) is 0 Å². The summed E-state index contributed by atoms with van der Waals surface area (Å²) in [4.78, 5) is 19.1. The highest BCUT2D eigenvalue weighted by Crippen LogP contribution is 2.22. The summed E-state index contributed by atoms with van der Waals surface area (Å²) in [6.45, 7) is 2.50. The fraction of sp³-hybridized carbons (Fsp3) is 0.368. The van der Waals surface area contributed by atoms with Crippen molar-refractivity contribution in [3.05, 3.63) is 52.1 Å². The molecule has 0 radical (unpaired) electrons. The maximum absolute atomic E-state index is 12.2. The summed E-state index contributed by atoms with van der Waals surface area (Å²) >= 11 is 3.26. The van der Waals surface area contributed by atoms with E-state index in [1.165, 1.54) is 31.7 Å². The molecule has 0 atom stereocenters. The van der Waals surface area contributed by atoms with Gasteiger partial charge in [-0.3, -0.25) is 4.79 Å². The first-order chi connectivity index (χ1) is 12.1. The van der Waals surface area contributed by atoms with Crippen LogP contribution in [0.3, 0.4) is 0 Å². The molecular formula is C19H22BrN3O2. The van der Waals surface area contributed by atoms with Crippen LogP contribution in [0.15, 0.2) is 41.0 Å². The molecule has 1 aliphatic rings. The van der Waals surface area contributed by atoms with E-state index in [4.69, 9.17) is 0 Å². The van der Waals surface area contributed by atoms with Crippen molar-refractivity contribution >= 4 is 27.7 Å². The maximum atomic E-state index is 12.2. The fourth-order valence-corrected chi connectivity index (χ4v) is 3.33. The number of phenols is 1. The number of hydrogen-bond acceptors (Lipinski definition) is 4. The van der Waals surface area contributed by atoms with Gasteiger partial charge in [-0.05, 0) is 42.7 Å². The number of halogens is 1. The molecule has 2 heterocycles. The van der Waals surface area contributed by atoms with Gasteiger partial charge in [-0.25, -0.2) is 4.98 Å². The molecule has 2 aromatic rings. The van der Waals surface area contributed by atoms with Crippen molar-refractivity contribution in [3.8, 4) is 5.75 Å². The van der Waals surface area contributed by atoms with Crippen molar-refractivity contribution in [3.63, 3.8) is 0 Å². The van der Waals surface area contributed by atoms with Crippen molar-refractivity contribution in [1.82, 2.24) is 10.3 Å². The molecule has 0 bridgehead atoms. The lowest BCUT2D eigenvalue weighted by Crippen LogP contribution is -2.25. The molecule has 0 unspecified atom stereocenters. The van der Waals surface area contributed by atoms with Crippen molar-refractivity contribution in [2.24, 2.45) is 0 Å². The van der Waals surface area contributed by atoms with Crippen LogP contribution >= 0.6 is 15.9 Å². The molecule has 6 heteroatoms. The number of nitrogens with zero attached hydrogens (tertiary/aromatic N) is 2. The van der Waals surface area contributed by atoms with Crippen LogP contribution in [-0.4, -0.2) is 29.1 Å². The zero-order valence-electron chi connectivity index (χ0n) is 14.0. The van der Waals surface area contributed by atoms with Gasteiger partial charge in [0.05, 0.1) is 5.56 Å². The smallest absolute Gasteiger partial charge is 0.255 e. The normalized spacial score (nSPS) is 14.8. The van der Waals surface area contributed by atoms with Gasteiger partial charge >= 0.3 is 0 Å². The first-order valence-electron chi connectivity index (χ1n) is 8.60. The predicted octanol–water partition coefficient (Wildman–Crippen LogP) is 3.86. The molecule has 1 amide bonds. The van der Waals surface area contributed by atoms with E-state index < -0.39 is 0 Å². The fourth-order valence-electron chi connectivity index (χ4n) is 2.98. The van der Waals surface area contributed by atoms with Crippen LogP contribution in [0.5, 0.6) is 5.75 Å². The molecule has 132 valence electrons. The van der Waals surface area contributed by atoms with Crippen LogP contribution in [0.4, 0.5) is 5.82 Å². The van der Waals surface area contributed by atoms with E-state index in [2.05, 4.69) is 31.1 Å². The summed E-state index contributed by atoms with van der Waals surface area (Å²) in [6, 6.07) is 8.84. The number of phenolic OH excluding ortho intramolecular Hbond substituents is 1. The minimum absolute atomic E-state index is 0.0403. The number of aromatic nitrogens is 1. The summed E-state index contributed by atoms with van der Waals surface area (Å²) < 4.78 is 0.731. The standard InChI is InChI=1S/C19H22BrN3O2/c20-15-6-7-16(17(24)11-15)19(25)22-13-14-5-8-18(21-12-14)23-9-3-1-2-4-10-23/h5-8,11-12,24H,1-4,9-10,13H2,(H,22,25). The number of aromatic hydroxyl groups is 1. The topological polar surface area (TPSA) is 65.5 Å². The van der Waals surface area contributed by atoms with E-state index in [1.807, 2.05) is 18.3 Å². The van der Waals surface area contributed by atoms with Gasteiger partial charge in [0.25, 0.3) is 5.91 Å². The van der Waals surface area contributed by atoms with Gasteiger partial charge in [0.1, 0.15) is 11.6 Å². The molecular weight excluding hydrogens is 382 g/mol. The third-order valence-electron chi connectivity index (χ3n) is 4.40. The van der Waals surface area contributed by atoms with E-state index in [-0.39, 0.29) is 17.2 Å². The average Bonchev–Trinajstić information content (AvgIpc) is 2.89. The van der Waals surface area contributed by atoms with E-state index in [0.717, 1.165) is 28.9 Å². The van der Waals surface area contributed by atoms with Crippen molar-refractivity contribution < 1.29 is 9.90 Å². The molecule has 1 fully saturated rings. The van der Waals surface area contributed by atoms with E-state index in [9.17, 15) is 9.90 Å². The number of amides is 1. The Morgan fingerprint density at radius 3 is 2.56 bits per heavy atom. The molecule has 1 aromatic heterocycles. The summed E-state index contributed by atoms with van der Waals surface area (Å²) in [5.74, 6) is 0.658. The first kappa shape index (κ1) is 17.7. The number of nitrogens with one attached hydrogen (secondary N) is 1. The number of hydrogen-bond donors (Lipinski definition) is 2. The molecule has 1 aromatic carbocycles. The highest BCUT2D eigenvalue weighted by Gasteiger charge is 2.12. The van der Waals surface area contributed by atoms with Crippen LogP contribution in [0.1, 0.15) is 41.6 Å². The zero-order valence-corrected chi connectivity index (χ0v) is 15.6. The Bertz CT molecular complexity index is 726. The summed E-state index contributed by atoms with van der Waals surface area (Å²) in [5.41, 5.74) is 1.20. The van der Waals surface area contributed by atoms with Gasteiger partial charge in [-0.15, -0.1) is 0 Å². The van der Waals surface area contributed by atoms with E-state index in [0.29, 0.717) is 6.54 Å². The van der Waals surface area contributed by atoms with Crippen molar-refractivity contribution in [2.75, 3.05) is 18.0 Å². The molecule has 2 N–H and O–H groups in total. The van der Waals surface area contributed by atoms with Gasteiger partial charge in [0, 0.05) is 30.3 Å². The van der Waals surface area contributed by atoms with Gasteiger partial charge in [0.2, 0.25) is 0 Å². The number of carbonyl (C=O) groups is 1. The van der Waals surface area contributed by atoms with Crippen molar-refractivity contribution in [2.45, 2.75) is 32.2 Å². The first-order valence-corrected chi connectivity index (χ1v) is 9.39. The molecule has 5 nitrogen and oxygen atoms in total. The summed E-state index contributed by atoms with van der Waals surface area (Å²) in [7, 11) is 0. The molecule has 25 heavy (non-hydrogen) atoms. The van der Waals surface area contributed by atoms with Crippen LogP contribution in [-0.2, 0) is 6.54 Å². The van der Waals surface area contributed by atoms with E-state index >= 15 is 0 Å². The van der Waals surface area contributed by atoms with Crippen LogP contribution < -0.4 is 10.2 Å². The highest BCUT2D eigenvalue weighted by atomic mass is 79.9. The lowest BCUT2D eigenvalue weighted by molar-refractivity contribution is 0.0948. The summed E-state index contributed by atoms with van der Waals surface area (Å²) in [6.07, 6.45) is 6.83. The number of rotatable bonds is 4. The SMILES string of the molecule is O=C(NCc1ccc(N2CCCCCC2)nc1)c1ccc(Br)cc1O. The summed E-state index contributed by atoms with van der Waals surface area (Å²) in [5, 5.41) is 12.7. The Morgan fingerprint density at radius 2 is 1.92 bits per heavy atom. The van der Waals surface area contributed by atoms with Gasteiger partial charge in [0.15, 0.2) is 0 Å². The van der Waals surface area contributed by atoms with Crippen LogP contribution in [0.2, 0.25) is 0 Å². The van der Waals surface area contributed by atoms with Crippen LogP contribution in [0, 0.1) is 0 Å². The Morgan fingerprint density at radius 1 is 1.16 bits per heavy atom. The number of anilines is 1. The lowest BCUT2D eigenvalue weighted by Gasteiger charge is -2.21. The quantitative estimate of drug-likeness (QED) is 0.813. The number of pyridine rings is 1. The minimum atomic E-state index is -0.304. The predicted molar refractivity (Wildman–Crippen MR) is 102 cm³/mol. The maximum Gasteiger partial charge on any atom is 0.255 e. The molecule has 0 saturated carbocycles. The Hall–Kier alpha value is -2.08. The van der Waals surface area contributed by atoms with Gasteiger partial charge in [-0.1, -0.05) is 34.8 Å². The molecule has 1 aliphatic heterocycles. The average molecular weight is 404 g/mol. The molecule has 0 aliphatic carbocycles.